The predicted molar refractivity (Wildman–Crippen MR) is 87.8 cm³/mol. The highest BCUT2D eigenvalue weighted by Crippen LogP contribution is 2.34. The van der Waals surface area contributed by atoms with E-state index < -0.39 is 0 Å². The zero-order chi connectivity index (χ0) is 14.9. The third-order valence-electron chi connectivity index (χ3n) is 2.68. The van der Waals surface area contributed by atoms with E-state index in [1.165, 1.54) is 0 Å². The second kappa shape index (κ2) is 6.41. The molecule has 0 atom stereocenters. The van der Waals surface area contributed by atoms with Gasteiger partial charge in [0.1, 0.15) is 16.7 Å². The molecule has 106 valence electrons. The van der Waals surface area contributed by atoms with Crippen molar-refractivity contribution in [1.82, 2.24) is 9.97 Å². The average molecular weight is 421 g/mol. The van der Waals surface area contributed by atoms with Crippen LogP contribution >= 0.6 is 43.5 Å². The highest BCUT2D eigenvalue weighted by Gasteiger charge is 2.14. The van der Waals surface area contributed by atoms with Crippen LogP contribution in [0.4, 0.5) is 0 Å². The number of rotatable bonds is 3. The molecule has 0 spiro atoms. The molecule has 0 saturated carbocycles. The van der Waals surface area contributed by atoms with Crippen LogP contribution in [-0.4, -0.2) is 9.97 Å². The smallest absolute Gasteiger partial charge is 0.227 e. The molecule has 0 radical (unpaired) electrons. The maximum atomic E-state index is 6.14. The molecule has 1 aromatic heterocycles. The number of hydrogen-bond donors (Lipinski definition) is 0. The summed E-state index contributed by atoms with van der Waals surface area (Å²) >= 11 is 13.0. The zero-order valence-electron chi connectivity index (χ0n) is 11.2. The van der Waals surface area contributed by atoms with Crippen LogP contribution in [-0.2, 0) is 0 Å². The molecule has 6 heteroatoms. The quantitative estimate of drug-likeness (QED) is 0.582. The van der Waals surface area contributed by atoms with Crippen LogP contribution in [0, 0.1) is 6.92 Å². The van der Waals surface area contributed by atoms with Crippen LogP contribution in [0.3, 0.4) is 0 Å². The summed E-state index contributed by atoms with van der Waals surface area (Å²) in [7, 11) is 0. The van der Waals surface area contributed by atoms with Gasteiger partial charge in [-0.05, 0) is 41.1 Å². The number of ether oxygens (including phenoxy) is 1. The maximum Gasteiger partial charge on any atom is 0.227 e. The Kier molecular flexibility index (Phi) is 5.04. The summed E-state index contributed by atoms with van der Waals surface area (Å²) < 4.78 is 7.67. The van der Waals surface area contributed by atoms with Crippen molar-refractivity contribution < 1.29 is 4.74 Å². The SMILES string of the molecule is Cc1c(Cl)nc(C(C)C)nc1Oc1ccc(Br)cc1Br. The van der Waals surface area contributed by atoms with E-state index in [1.54, 1.807) is 0 Å². The molecule has 1 heterocycles. The van der Waals surface area contributed by atoms with Crippen molar-refractivity contribution in [1.29, 1.82) is 0 Å². The van der Waals surface area contributed by atoms with E-state index in [-0.39, 0.29) is 5.92 Å². The van der Waals surface area contributed by atoms with Crippen molar-refractivity contribution in [3.8, 4) is 11.6 Å². The van der Waals surface area contributed by atoms with Crippen LogP contribution in [0.2, 0.25) is 5.15 Å². The summed E-state index contributed by atoms with van der Waals surface area (Å²) in [6, 6.07) is 5.68. The van der Waals surface area contributed by atoms with Gasteiger partial charge in [-0.3, -0.25) is 0 Å². The van der Waals surface area contributed by atoms with Crippen molar-refractivity contribution in [3.05, 3.63) is 43.7 Å². The Hall–Kier alpha value is -0.650. The van der Waals surface area contributed by atoms with Gasteiger partial charge in [-0.1, -0.05) is 41.4 Å². The van der Waals surface area contributed by atoms with Crippen molar-refractivity contribution in [2.45, 2.75) is 26.7 Å². The van der Waals surface area contributed by atoms with Crippen LogP contribution in [0.15, 0.2) is 27.1 Å². The van der Waals surface area contributed by atoms with Crippen molar-refractivity contribution >= 4 is 43.5 Å². The summed E-state index contributed by atoms with van der Waals surface area (Å²) in [5.41, 5.74) is 0.728. The lowest BCUT2D eigenvalue weighted by Gasteiger charge is -2.13. The lowest BCUT2D eigenvalue weighted by molar-refractivity contribution is 0.450. The van der Waals surface area contributed by atoms with E-state index in [0.29, 0.717) is 22.6 Å². The fourth-order valence-corrected chi connectivity index (χ4v) is 2.80. The van der Waals surface area contributed by atoms with E-state index >= 15 is 0 Å². The minimum Gasteiger partial charge on any atom is -0.437 e. The maximum absolute atomic E-state index is 6.14. The molecule has 0 fully saturated rings. The molecule has 0 aliphatic heterocycles. The topological polar surface area (TPSA) is 35.0 Å². The van der Waals surface area contributed by atoms with Gasteiger partial charge in [-0.25, -0.2) is 4.98 Å². The van der Waals surface area contributed by atoms with Crippen molar-refractivity contribution in [2.24, 2.45) is 0 Å². The standard InChI is InChI=1S/C14H13Br2ClN2O/c1-7(2)13-18-12(17)8(3)14(19-13)20-11-5-4-9(15)6-10(11)16/h4-7H,1-3H3. The molecule has 0 aliphatic rings. The molecule has 0 aliphatic carbocycles. The zero-order valence-corrected chi connectivity index (χ0v) is 15.2. The van der Waals surface area contributed by atoms with E-state index in [1.807, 2.05) is 39.0 Å². The highest BCUT2D eigenvalue weighted by atomic mass is 79.9. The van der Waals surface area contributed by atoms with Gasteiger partial charge >= 0.3 is 0 Å². The summed E-state index contributed by atoms with van der Waals surface area (Å²) in [5.74, 6) is 2.02. The monoisotopic (exact) mass is 418 g/mol. The Morgan fingerprint density at radius 1 is 1.20 bits per heavy atom. The molecule has 2 rings (SSSR count). The summed E-state index contributed by atoms with van der Waals surface area (Å²) in [4.78, 5) is 8.71. The third-order valence-corrected chi connectivity index (χ3v) is 4.16. The van der Waals surface area contributed by atoms with Crippen molar-refractivity contribution in [2.75, 3.05) is 0 Å². The van der Waals surface area contributed by atoms with Crippen molar-refractivity contribution in [3.63, 3.8) is 0 Å². The molecule has 1 aromatic carbocycles. The Morgan fingerprint density at radius 2 is 1.90 bits per heavy atom. The fourth-order valence-electron chi connectivity index (χ4n) is 1.51. The number of benzene rings is 1. The fraction of sp³-hybridized carbons (Fsp3) is 0.286. The first-order valence-corrected chi connectivity index (χ1v) is 8.01. The number of aromatic nitrogens is 2. The van der Waals surface area contributed by atoms with Gasteiger partial charge in [-0.2, -0.15) is 4.98 Å². The summed E-state index contributed by atoms with van der Waals surface area (Å²) in [5, 5.41) is 0.423. The van der Waals surface area contributed by atoms with E-state index in [4.69, 9.17) is 16.3 Å². The minimum absolute atomic E-state index is 0.184. The minimum atomic E-state index is 0.184. The van der Waals surface area contributed by atoms with Crippen LogP contribution in [0.1, 0.15) is 31.2 Å². The molecule has 0 bridgehead atoms. The first kappa shape index (κ1) is 15.7. The Labute approximate surface area is 140 Å². The number of hydrogen-bond acceptors (Lipinski definition) is 3. The average Bonchev–Trinajstić information content (AvgIpc) is 2.37. The van der Waals surface area contributed by atoms with E-state index in [0.717, 1.165) is 14.5 Å². The number of nitrogens with zero attached hydrogens (tertiary/aromatic N) is 2. The Bertz CT molecular complexity index is 647. The molecule has 0 N–H and O–H groups in total. The molecule has 0 unspecified atom stereocenters. The van der Waals surface area contributed by atoms with Crippen LogP contribution in [0.25, 0.3) is 0 Å². The molecule has 3 nitrogen and oxygen atoms in total. The van der Waals surface area contributed by atoms with Crippen LogP contribution < -0.4 is 4.74 Å². The molecule has 20 heavy (non-hydrogen) atoms. The van der Waals surface area contributed by atoms with Crippen LogP contribution in [0.5, 0.6) is 11.6 Å². The van der Waals surface area contributed by atoms with Gasteiger partial charge in [0.2, 0.25) is 5.88 Å². The molecular formula is C14H13Br2ClN2O. The van der Waals surface area contributed by atoms with E-state index in [9.17, 15) is 0 Å². The summed E-state index contributed by atoms with van der Waals surface area (Å²) in [6.45, 7) is 5.87. The van der Waals surface area contributed by atoms with E-state index in [2.05, 4.69) is 41.8 Å². The second-order valence-corrected chi connectivity index (χ2v) is 6.76. The Morgan fingerprint density at radius 3 is 2.50 bits per heavy atom. The highest BCUT2D eigenvalue weighted by molar-refractivity contribution is 9.11. The van der Waals surface area contributed by atoms with Gasteiger partial charge in [0.15, 0.2) is 0 Å². The van der Waals surface area contributed by atoms with Gasteiger partial charge in [0.25, 0.3) is 0 Å². The van der Waals surface area contributed by atoms with Gasteiger partial charge in [0, 0.05) is 16.0 Å². The normalized spacial score (nSPS) is 10.9. The Balaban J connectivity index is 2.42. The first-order valence-electron chi connectivity index (χ1n) is 6.05. The predicted octanol–water partition coefficient (Wildman–Crippen LogP) is 5.88. The summed E-state index contributed by atoms with van der Waals surface area (Å²) in [6.07, 6.45) is 0. The first-order chi connectivity index (χ1) is 9.38. The van der Waals surface area contributed by atoms with Gasteiger partial charge in [0.05, 0.1) is 4.47 Å². The number of halogens is 3. The third kappa shape index (κ3) is 3.51. The van der Waals surface area contributed by atoms with Gasteiger partial charge in [-0.15, -0.1) is 0 Å². The lowest BCUT2D eigenvalue weighted by atomic mass is 10.2. The lowest BCUT2D eigenvalue weighted by Crippen LogP contribution is -2.02. The molecule has 0 saturated heterocycles. The largest absolute Gasteiger partial charge is 0.437 e. The van der Waals surface area contributed by atoms with Gasteiger partial charge < -0.3 is 4.74 Å². The molecular weight excluding hydrogens is 407 g/mol. The second-order valence-electron chi connectivity index (χ2n) is 4.63. The molecule has 2 aromatic rings. The molecule has 0 amide bonds.